The first kappa shape index (κ1) is 32.8. The van der Waals surface area contributed by atoms with Crippen LogP contribution in [0, 0.1) is 20.8 Å². The first-order valence-corrected chi connectivity index (χ1v) is 16.3. The average Bonchev–Trinajstić information content (AvgIpc) is 2.99. The minimum Gasteiger partial charge on any atom is -0.355 e. The first-order valence-electron chi connectivity index (χ1n) is 14.5. The van der Waals surface area contributed by atoms with Gasteiger partial charge in [0.05, 0.1) is 10.6 Å². The number of likely N-dealkylation sites (N-methyl/N-ethyl adjacent to an activating group) is 1. The number of nitrogens with one attached hydrogen (secondary N) is 1. The molecule has 1 N–H and O–H groups in total. The molecule has 0 unspecified atom stereocenters. The van der Waals surface area contributed by atoms with Gasteiger partial charge in [0.25, 0.3) is 10.0 Å². The Morgan fingerprint density at radius 1 is 0.841 bits per heavy atom. The van der Waals surface area contributed by atoms with Crippen LogP contribution in [-0.4, -0.2) is 44.3 Å². The van der Waals surface area contributed by atoms with E-state index >= 15 is 0 Å². The van der Waals surface area contributed by atoms with Crippen LogP contribution in [0.25, 0.3) is 0 Å². The summed E-state index contributed by atoms with van der Waals surface area (Å²) < 4.78 is 29.6. The number of sulfonamides is 1. The van der Waals surface area contributed by atoms with E-state index in [-0.39, 0.29) is 23.8 Å². The molecular weight excluding hydrogens is 594 g/mol. The number of halogens is 1. The number of nitrogens with zero attached hydrogens (tertiary/aromatic N) is 2. The lowest BCUT2D eigenvalue weighted by molar-refractivity contribution is -0.140. The summed E-state index contributed by atoms with van der Waals surface area (Å²) in [5.41, 5.74) is 4.47. The number of anilines is 1. The average molecular weight is 632 g/mol. The van der Waals surface area contributed by atoms with Gasteiger partial charge in [0.15, 0.2) is 0 Å². The fourth-order valence-electron chi connectivity index (χ4n) is 5.09. The molecule has 0 saturated carbocycles. The van der Waals surface area contributed by atoms with Crippen molar-refractivity contribution >= 4 is 39.1 Å². The van der Waals surface area contributed by atoms with E-state index in [4.69, 9.17) is 11.6 Å². The van der Waals surface area contributed by atoms with Crippen LogP contribution in [0.3, 0.4) is 0 Å². The fourth-order valence-corrected chi connectivity index (χ4v) is 6.77. The van der Waals surface area contributed by atoms with Crippen molar-refractivity contribution in [2.24, 2.45) is 0 Å². The summed E-state index contributed by atoms with van der Waals surface area (Å²) in [5, 5.41) is 3.31. The lowest BCUT2D eigenvalue weighted by Crippen LogP contribution is -2.53. The Bertz CT molecular complexity index is 1710. The molecule has 0 radical (unpaired) electrons. The second kappa shape index (κ2) is 14.6. The standard InChI is InChI=1S/C35H38ClN3O4S/c1-5-37-35(41)33(22-28-11-7-6-8-12-28)38(23-29-13-9-10-14-31(29)36)34(40)24-39(32-20-17-26(3)21-27(32)4)44(42,43)30-18-15-25(2)16-19-30/h6-21,33H,5,22-24H2,1-4H3,(H,37,41)/t33-/m0/s1. The van der Waals surface area contributed by atoms with Crippen LogP contribution in [0.15, 0.2) is 102 Å². The van der Waals surface area contributed by atoms with E-state index < -0.39 is 28.5 Å². The fraction of sp³-hybridized carbons (Fsp3) is 0.257. The van der Waals surface area contributed by atoms with Gasteiger partial charge in [0, 0.05) is 24.5 Å². The van der Waals surface area contributed by atoms with Gasteiger partial charge in [0.2, 0.25) is 11.8 Å². The molecule has 4 aromatic rings. The number of amides is 2. The van der Waals surface area contributed by atoms with Crippen molar-refractivity contribution in [3.63, 3.8) is 0 Å². The van der Waals surface area contributed by atoms with Gasteiger partial charge in [-0.05, 0) is 68.7 Å². The van der Waals surface area contributed by atoms with E-state index in [1.807, 2.05) is 76.2 Å². The topological polar surface area (TPSA) is 86.8 Å². The maximum atomic E-state index is 14.5. The van der Waals surface area contributed by atoms with Crippen molar-refractivity contribution in [3.05, 3.63) is 130 Å². The van der Waals surface area contributed by atoms with Crippen LogP contribution in [-0.2, 0) is 32.6 Å². The van der Waals surface area contributed by atoms with Gasteiger partial charge in [-0.2, -0.15) is 0 Å². The Hall–Kier alpha value is -4.14. The smallest absolute Gasteiger partial charge is 0.264 e. The minimum atomic E-state index is -4.17. The first-order chi connectivity index (χ1) is 21.0. The molecule has 0 fully saturated rings. The maximum Gasteiger partial charge on any atom is 0.264 e. The Morgan fingerprint density at radius 2 is 1.48 bits per heavy atom. The highest BCUT2D eigenvalue weighted by molar-refractivity contribution is 7.92. The van der Waals surface area contributed by atoms with E-state index in [0.717, 1.165) is 21.0 Å². The van der Waals surface area contributed by atoms with Crippen LogP contribution in [0.4, 0.5) is 5.69 Å². The summed E-state index contributed by atoms with van der Waals surface area (Å²) in [6.07, 6.45) is 0.233. The molecule has 0 bridgehead atoms. The Kier molecular flexibility index (Phi) is 10.8. The van der Waals surface area contributed by atoms with Crippen molar-refractivity contribution in [1.82, 2.24) is 10.2 Å². The van der Waals surface area contributed by atoms with Crippen LogP contribution < -0.4 is 9.62 Å². The molecule has 0 aliphatic rings. The molecule has 0 spiro atoms. The van der Waals surface area contributed by atoms with Gasteiger partial charge >= 0.3 is 0 Å². The molecular formula is C35H38ClN3O4S. The summed E-state index contributed by atoms with van der Waals surface area (Å²) in [7, 11) is -4.17. The zero-order valence-corrected chi connectivity index (χ0v) is 27.0. The molecule has 4 rings (SSSR count). The number of benzene rings is 4. The summed E-state index contributed by atoms with van der Waals surface area (Å²) in [6.45, 7) is 7.30. The van der Waals surface area contributed by atoms with E-state index in [1.165, 1.54) is 4.90 Å². The van der Waals surface area contributed by atoms with Gasteiger partial charge in [-0.25, -0.2) is 8.42 Å². The molecule has 44 heavy (non-hydrogen) atoms. The zero-order chi connectivity index (χ0) is 31.9. The lowest BCUT2D eigenvalue weighted by Gasteiger charge is -2.34. The molecule has 0 aliphatic carbocycles. The number of hydrogen-bond donors (Lipinski definition) is 1. The summed E-state index contributed by atoms with van der Waals surface area (Å²) >= 11 is 6.54. The lowest BCUT2D eigenvalue weighted by atomic mass is 10.0. The van der Waals surface area contributed by atoms with E-state index in [0.29, 0.717) is 28.4 Å². The number of hydrogen-bond acceptors (Lipinski definition) is 4. The molecule has 9 heteroatoms. The molecule has 4 aromatic carbocycles. The number of aryl methyl sites for hydroxylation is 3. The normalized spacial score (nSPS) is 11.9. The summed E-state index contributed by atoms with van der Waals surface area (Å²) in [6, 6.07) is 27.6. The highest BCUT2D eigenvalue weighted by atomic mass is 35.5. The summed E-state index contributed by atoms with van der Waals surface area (Å²) in [4.78, 5) is 29.6. The van der Waals surface area contributed by atoms with Crippen LogP contribution in [0.1, 0.15) is 34.7 Å². The Labute approximate surface area is 265 Å². The van der Waals surface area contributed by atoms with E-state index in [1.54, 1.807) is 48.5 Å². The third kappa shape index (κ3) is 7.87. The number of rotatable bonds is 12. The van der Waals surface area contributed by atoms with Crippen LogP contribution in [0.2, 0.25) is 5.02 Å². The third-order valence-corrected chi connectivity index (χ3v) is 9.57. The molecule has 0 heterocycles. The molecule has 7 nitrogen and oxygen atoms in total. The molecule has 2 amide bonds. The van der Waals surface area contributed by atoms with Gasteiger partial charge in [0.1, 0.15) is 12.6 Å². The zero-order valence-electron chi connectivity index (χ0n) is 25.5. The molecule has 0 aliphatic heterocycles. The number of carbonyl (C=O) groups excluding carboxylic acids is 2. The minimum absolute atomic E-state index is 0.0123. The summed E-state index contributed by atoms with van der Waals surface area (Å²) in [5.74, 6) is -0.871. The SMILES string of the molecule is CCNC(=O)[C@H](Cc1ccccc1)N(Cc1ccccc1Cl)C(=O)CN(c1ccc(C)cc1C)S(=O)(=O)c1ccc(C)cc1. The van der Waals surface area contributed by atoms with Gasteiger partial charge in [-0.1, -0.05) is 95.5 Å². The molecule has 0 aromatic heterocycles. The van der Waals surface area contributed by atoms with Gasteiger partial charge in [-0.15, -0.1) is 0 Å². The second-order valence-electron chi connectivity index (χ2n) is 10.8. The van der Waals surface area contributed by atoms with Crippen molar-refractivity contribution in [2.75, 3.05) is 17.4 Å². The van der Waals surface area contributed by atoms with Crippen molar-refractivity contribution in [2.45, 2.75) is 51.6 Å². The highest BCUT2D eigenvalue weighted by Crippen LogP contribution is 2.29. The predicted molar refractivity (Wildman–Crippen MR) is 176 cm³/mol. The number of carbonyl (C=O) groups is 2. The highest BCUT2D eigenvalue weighted by Gasteiger charge is 2.35. The van der Waals surface area contributed by atoms with Gasteiger partial charge in [-0.3, -0.25) is 13.9 Å². The molecule has 230 valence electrons. The predicted octanol–water partition coefficient (Wildman–Crippen LogP) is 6.24. The van der Waals surface area contributed by atoms with Crippen molar-refractivity contribution < 1.29 is 18.0 Å². The van der Waals surface area contributed by atoms with Crippen LogP contribution >= 0.6 is 11.6 Å². The third-order valence-electron chi connectivity index (χ3n) is 7.43. The Morgan fingerprint density at radius 3 is 2.11 bits per heavy atom. The second-order valence-corrected chi connectivity index (χ2v) is 13.1. The van der Waals surface area contributed by atoms with Gasteiger partial charge < -0.3 is 10.2 Å². The molecule has 0 saturated heterocycles. The maximum absolute atomic E-state index is 14.5. The van der Waals surface area contributed by atoms with Crippen molar-refractivity contribution in [1.29, 1.82) is 0 Å². The van der Waals surface area contributed by atoms with E-state index in [9.17, 15) is 18.0 Å². The quantitative estimate of drug-likeness (QED) is 0.201. The van der Waals surface area contributed by atoms with E-state index in [2.05, 4.69) is 5.32 Å². The monoisotopic (exact) mass is 631 g/mol. The largest absolute Gasteiger partial charge is 0.355 e. The van der Waals surface area contributed by atoms with Crippen LogP contribution in [0.5, 0.6) is 0 Å². The van der Waals surface area contributed by atoms with Crippen molar-refractivity contribution in [3.8, 4) is 0 Å². The Balaban J connectivity index is 1.83. The molecule has 1 atom stereocenters.